The van der Waals surface area contributed by atoms with Crippen LogP contribution in [0.3, 0.4) is 0 Å². The first kappa shape index (κ1) is 19.0. The molecule has 0 saturated heterocycles. The van der Waals surface area contributed by atoms with Crippen LogP contribution in [-0.2, 0) is 24.2 Å². The van der Waals surface area contributed by atoms with Gasteiger partial charge in [0.2, 0.25) is 5.91 Å². The number of fused-ring (bicyclic) bond motifs is 3. The molecule has 0 aliphatic heterocycles. The summed E-state index contributed by atoms with van der Waals surface area (Å²) in [6.45, 7) is 2.27. The number of aromatic nitrogens is 2. The zero-order valence-corrected chi connectivity index (χ0v) is 18.6. The van der Waals surface area contributed by atoms with Gasteiger partial charge in [-0.3, -0.25) is 14.2 Å². The summed E-state index contributed by atoms with van der Waals surface area (Å²) >= 11 is 1.66. The summed E-state index contributed by atoms with van der Waals surface area (Å²) in [5.74, 6) is 2.56. The summed E-state index contributed by atoms with van der Waals surface area (Å²) in [5.41, 5.74) is 1.43. The zero-order chi connectivity index (χ0) is 20.5. The second-order valence-electron chi connectivity index (χ2n) is 10.6. The number of carbonyl (C=O) groups excluding carboxylic acids is 1. The molecule has 6 heteroatoms. The molecule has 0 radical (unpaired) electrons. The van der Waals surface area contributed by atoms with Gasteiger partial charge in [-0.15, -0.1) is 11.3 Å². The maximum atomic E-state index is 13.2. The number of thiophene rings is 1. The molecule has 30 heavy (non-hydrogen) atoms. The minimum Gasteiger partial charge on any atom is -0.352 e. The molecule has 5 nitrogen and oxygen atoms in total. The van der Waals surface area contributed by atoms with E-state index in [1.165, 1.54) is 60.0 Å². The topological polar surface area (TPSA) is 64.0 Å². The van der Waals surface area contributed by atoms with Crippen molar-refractivity contribution in [1.82, 2.24) is 14.9 Å². The number of nitrogens with zero attached hydrogens (tertiary/aromatic N) is 2. The minimum atomic E-state index is -0.0504. The molecule has 4 fully saturated rings. The molecule has 2 aromatic heterocycles. The van der Waals surface area contributed by atoms with Crippen LogP contribution in [0.15, 0.2) is 11.1 Å². The normalized spacial score (nSPS) is 32.9. The first-order chi connectivity index (χ1) is 14.5. The van der Waals surface area contributed by atoms with Gasteiger partial charge < -0.3 is 5.32 Å². The predicted octanol–water partition coefficient (Wildman–Crippen LogP) is 4.06. The molecule has 5 aliphatic rings. The van der Waals surface area contributed by atoms with E-state index in [1.54, 1.807) is 17.7 Å². The van der Waals surface area contributed by atoms with Crippen LogP contribution >= 0.6 is 11.3 Å². The van der Waals surface area contributed by atoms with Crippen LogP contribution in [0.4, 0.5) is 0 Å². The van der Waals surface area contributed by atoms with Crippen molar-refractivity contribution in [2.75, 3.05) is 0 Å². The third-order valence-corrected chi connectivity index (χ3v) is 9.84. The summed E-state index contributed by atoms with van der Waals surface area (Å²) in [4.78, 5) is 32.8. The SMILES string of the molecule is C[C@@H](NC(=O)Cn1cnc2sc3c(c2c1=O)CCCC3)C12CC3CC(CC(C3)C1)C2. The monoisotopic (exact) mass is 425 g/mol. The Balaban J connectivity index is 1.21. The van der Waals surface area contributed by atoms with Crippen molar-refractivity contribution in [3.8, 4) is 0 Å². The van der Waals surface area contributed by atoms with Crippen molar-refractivity contribution in [1.29, 1.82) is 0 Å². The van der Waals surface area contributed by atoms with E-state index < -0.39 is 0 Å². The lowest BCUT2D eigenvalue weighted by atomic mass is 9.48. The Bertz CT molecular complexity index is 1030. The lowest BCUT2D eigenvalue weighted by Gasteiger charge is -2.59. The van der Waals surface area contributed by atoms with Gasteiger partial charge in [-0.25, -0.2) is 4.98 Å². The van der Waals surface area contributed by atoms with Crippen LogP contribution in [0.25, 0.3) is 10.2 Å². The summed E-state index contributed by atoms with van der Waals surface area (Å²) < 4.78 is 1.52. The molecule has 7 rings (SSSR count). The summed E-state index contributed by atoms with van der Waals surface area (Å²) in [6, 6.07) is 0.180. The van der Waals surface area contributed by atoms with Crippen LogP contribution in [-0.4, -0.2) is 21.5 Å². The minimum absolute atomic E-state index is 0.0444. The van der Waals surface area contributed by atoms with Gasteiger partial charge in [-0.1, -0.05) is 0 Å². The van der Waals surface area contributed by atoms with Gasteiger partial charge in [0.1, 0.15) is 11.4 Å². The molecule has 160 valence electrons. The van der Waals surface area contributed by atoms with Crippen molar-refractivity contribution < 1.29 is 4.79 Å². The predicted molar refractivity (Wildman–Crippen MR) is 119 cm³/mol. The van der Waals surface area contributed by atoms with Crippen LogP contribution < -0.4 is 10.9 Å². The molecule has 0 unspecified atom stereocenters. The van der Waals surface area contributed by atoms with Crippen LogP contribution in [0.1, 0.15) is 68.7 Å². The van der Waals surface area contributed by atoms with Gasteiger partial charge in [-0.05, 0) is 99.9 Å². The standard InChI is InChI=1S/C24H31N3O2S/c1-14(24-9-15-6-16(10-24)8-17(7-15)11-24)26-20(28)12-27-13-25-22-21(23(27)29)18-4-2-3-5-19(18)30-22/h13-17H,2-12H2,1H3,(H,26,28)/t14-,15?,16?,17?,24?/m1/s1. The second kappa shape index (κ2) is 6.91. The van der Waals surface area contributed by atoms with Gasteiger partial charge in [0.25, 0.3) is 5.56 Å². The van der Waals surface area contributed by atoms with Crippen molar-refractivity contribution in [2.24, 2.45) is 23.2 Å². The van der Waals surface area contributed by atoms with E-state index in [1.807, 2.05) is 0 Å². The highest BCUT2D eigenvalue weighted by atomic mass is 32.1. The van der Waals surface area contributed by atoms with Crippen LogP contribution in [0.5, 0.6) is 0 Å². The number of aryl methyl sites for hydroxylation is 2. The van der Waals surface area contributed by atoms with E-state index in [0.717, 1.165) is 47.2 Å². The van der Waals surface area contributed by atoms with E-state index >= 15 is 0 Å². The summed E-state index contributed by atoms with van der Waals surface area (Å²) in [7, 11) is 0. The first-order valence-corrected chi connectivity index (χ1v) is 12.6. The van der Waals surface area contributed by atoms with E-state index in [4.69, 9.17) is 0 Å². The molecule has 1 N–H and O–H groups in total. The average Bonchev–Trinajstić information content (AvgIpc) is 3.08. The highest BCUT2D eigenvalue weighted by Crippen LogP contribution is 2.61. The molecule has 1 amide bonds. The summed E-state index contributed by atoms with van der Waals surface area (Å²) in [5, 5.41) is 4.06. The van der Waals surface area contributed by atoms with E-state index in [9.17, 15) is 9.59 Å². The number of carbonyl (C=O) groups is 1. The van der Waals surface area contributed by atoms with Gasteiger partial charge >= 0.3 is 0 Å². The van der Waals surface area contributed by atoms with Crippen molar-refractivity contribution in [3.05, 3.63) is 27.1 Å². The fourth-order valence-corrected chi connectivity index (χ4v) is 8.82. The fraction of sp³-hybridized carbons (Fsp3) is 0.708. The molecule has 2 aromatic rings. The Labute approximate surface area is 181 Å². The third-order valence-electron chi connectivity index (χ3n) is 8.64. The molecule has 2 heterocycles. The molecular weight excluding hydrogens is 394 g/mol. The molecule has 0 aromatic carbocycles. The number of amides is 1. The number of hydrogen-bond donors (Lipinski definition) is 1. The van der Waals surface area contributed by atoms with Crippen LogP contribution in [0, 0.1) is 23.2 Å². The van der Waals surface area contributed by atoms with E-state index in [-0.39, 0.29) is 29.5 Å². The largest absolute Gasteiger partial charge is 0.352 e. The first-order valence-electron chi connectivity index (χ1n) is 11.8. The van der Waals surface area contributed by atoms with Gasteiger partial charge in [0.15, 0.2) is 0 Å². The Morgan fingerprint density at radius 3 is 2.57 bits per heavy atom. The Kier molecular flexibility index (Phi) is 4.38. The quantitative estimate of drug-likeness (QED) is 0.803. The van der Waals surface area contributed by atoms with Crippen LogP contribution in [0.2, 0.25) is 0 Å². The Morgan fingerprint density at radius 2 is 1.87 bits per heavy atom. The lowest BCUT2D eigenvalue weighted by molar-refractivity contribution is -0.126. The summed E-state index contributed by atoms with van der Waals surface area (Å²) in [6.07, 6.45) is 14.0. The van der Waals surface area contributed by atoms with E-state index in [2.05, 4.69) is 17.2 Å². The Morgan fingerprint density at radius 1 is 1.20 bits per heavy atom. The van der Waals surface area contributed by atoms with Gasteiger partial charge in [0.05, 0.1) is 11.7 Å². The lowest BCUT2D eigenvalue weighted by Crippen LogP contribution is -2.56. The maximum Gasteiger partial charge on any atom is 0.262 e. The molecule has 1 atom stereocenters. The molecule has 4 bridgehead atoms. The Hall–Kier alpha value is -1.69. The zero-order valence-electron chi connectivity index (χ0n) is 17.8. The molecule has 4 saturated carbocycles. The highest BCUT2D eigenvalue weighted by Gasteiger charge is 2.53. The van der Waals surface area contributed by atoms with Gasteiger partial charge in [-0.2, -0.15) is 0 Å². The molecular formula is C24H31N3O2S. The van der Waals surface area contributed by atoms with E-state index in [0.29, 0.717) is 0 Å². The maximum absolute atomic E-state index is 13.2. The third kappa shape index (κ3) is 2.97. The average molecular weight is 426 g/mol. The highest BCUT2D eigenvalue weighted by molar-refractivity contribution is 7.18. The fourth-order valence-electron chi connectivity index (χ4n) is 7.60. The number of nitrogens with one attached hydrogen (secondary N) is 1. The van der Waals surface area contributed by atoms with Gasteiger partial charge in [0, 0.05) is 10.9 Å². The molecule has 5 aliphatic carbocycles. The van der Waals surface area contributed by atoms with Crippen molar-refractivity contribution in [3.63, 3.8) is 0 Å². The number of hydrogen-bond acceptors (Lipinski definition) is 4. The number of rotatable bonds is 4. The van der Waals surface area contributed by atoms with Crippen molar-refractivity contribution >= 4 is 27.5 Å². The van der Waals surface area contributed by atoms with Crippen molar-refractivity contribution in [2.45, 2.75) is 83.7 Å². The second-order valence-corrected chi connectivity index (χ2v) is 11.7. The molecule has 0 spiro atoms. The smallest absolute Gasteiger partial charge is 0.262 e.